The van der Waals surface area contributed by atoms with Gasteiger partial charge in [0.05, 0.1) is 22.8 Å². The van der Waals surface area contributed by atoms with Crippen LogP contribution in [0.3, 0.4) is 0 Å². The second-order valence-corrected chi connectivity index (χ2v) is 8.55. The van der Waals surface area contributed by atoms with Crippen LogP contribution in [-0.4, -0.2) is 43.0 Å². The Hall–Kier alpha value is -2.44. The molecule has 1 aromatic heterocycles. The standard InChI is InChI=1S/C22H26N4OS/c1-25(2)17-11-9-16(10-12-17)14-23-21(27)15-26-13-5-7-19(26)22-24-18-6-3-4-8-20(18)28-22/h3-4,6,8-12,19H,5,7,13-15H2,1-2H3,(H,23,27)/t19-/m0/s1. The van der Waals surface area contributed by atoms with Gasteiger partial charge in [-0.25, -0.2) is 4.98 Å². The highest BCUT2D eigenvalue weighted by molar-refractivity contribution is 7.18. The zero-order chi connectivity index (χ0) is 19.5. The fourth-order valence-electron chi connectivity index (χ4n) is 3.68. The van der Waals surface area contributed by atoms with Crippen molar-refractivity contribution in [3.63, 3.8) is 0 Å². The van der Waals surface area contributed by atoms with Crippen LogP contribution in [0.5, 0.6) is 0 Å². The number of nitrogens with zero attached hydrogens (tertiary/aromatic N) is 3. The van der Waals surface area contributed by atoms with Crippen LogP contribution in [0.25, 0.3) is 10.2 Å². The lowest BCUT2D eigenvalue weighted by Crippen LogP contribution is -2.36. The summed E-state index contributed by atoms with van der Waals surface area (Å²) >= 11 is 1.75. The molecular weight excluding hydrogens is 368 g/mol. The summed E-state index contributed by atoms with van der Waals surface area (Å²) in [6.07, 6.45) is 2.18. The molecule has 0 unspecified atom stereocenters. The molecule has 1 amide bonds. The first kappa shape index (κ1) is 18.9. The number of nitrogens with one attached hydrogen (secondary N) is 1. The fraction of sp³-hybridized carbons (Fsp3) is 0.364. The Kier molecular flexibility index (Phi) is 5.59. The maximum absolute atomic E-state index is 12.5. The first-order valence-corrected chi connectivity index (χ1v) is 10.5. The third kappa shape index (κ3) is 4.18. The van der Waals surface area contributed by atoms with Crippen LogP contribution in [0.2, 0.25) is 0 Å². The Morgan fingerprint density at radius 3 is 2.75 bits per heavy atom. The van der Waals surface area contributed by atoms with Gasteiger partial charge in [-0.2, -0.15) is 0 Å². The van der Waals surface area contributed by atoms with Crippen LogP contribution in [0.15, 0.2) is 48.5 Å². The van der Waals surface area contributed by atoms with Crippen molar-refractivity contribution in [2.75, 3.05) is 32.1 Å². The van der Waals surface area contributed by atoms with E-state index in [1.807, 2.05) is 20.2 Å². The highest BCUT2D eigenvalue weighted by atomic mass is 32.1. The zero-order valence-corrected chi connectivity index (χ0v) is 17.2. The summed E-state index contributed by atoms with van der Waals surface area (Å²) in [6.45, 7) is 1.94. The summed E-state index contributed by atoms with van der Waals surface area (Å²) < 4.78 is 1.22. The van der Waals surface area contributed by atoms with E-state index in [4.69, 9.17) is 4.98 Å². The van der Waals surface area contributed by atoms with E-state index in [1.54, 1.807) is 11.3 Å². The Bertz CT molecular complexity index is 918. The molecule has 28 heavy (non-hydrogen) atoms. The van der Waals surface area contributed by atoms with Gasteiger partial charge in [0.15, 0.2) is 0 Å². The van der Waals surface area contributed by atoms with Crippen LogP contribution in [-0.2, 0) is 11.3 Å². The first-order chi connectivity index (χ1) is 13.6. The molecule has 1 N–H and O–H groups in total. The van der Waals surface area contributed by atoms with Crippen molar-refractivity contribution in [3.05, 3.63) is 59.1 Å². The lowest BCUT2D eigenvalue weighted by Gasteiger charge is -2.22. The summed E-state index contributed by atoms with van der Waals surface area (Å²) in [5.74, 6) is 0.0738. The second kappa shape index (κ2) is 8.29. The normalized spacial score (nSPS) is 17.1. The molecule has 0 aliphatic carbocycles. The highest BCUT2D eigenvalue weighted by Gasteiger charge is 2.29. The summed E-state index contributed by atoms with van der Waals surface area (Å²) in [4.78, 5) is 21.7. The Balaban J connectivity index is 1.35. The number of hydrogen-bond donors (Lipinski definition) is 1. The number of amides is 1. The SMILES string of the molecule is CN(C)c1ccc(CNC(=O)CN2CCC[C@H]2c2nc3ccccc3s2)cc1. The molecule has 1 aliphatic heterocycles. The quantitative estimate of drug-likeness (QED) is 0.691. The zero-order valence-electron chi connectivity index (χ0n) is 16.4. The van der Waals surface area contributed by atoms with E-state index in [0.29, 0.717) is 13.1 Å². The minimum atomic E-state index is 0.0738. The minimum absolute atomic E-state index is 0.0738. The van der Waals surface area contributed by atoms with Crippen molar-refractivity contribution >= 4 is 33.1 Å². The maximum Gasteiger partial charge on any atom is 0.234 e. The van der Waals surface area contributed by atoms with Crippen LogP contribution in [0, 0.1) is 0 Å². The highest BCUT2D eigenvalue weighted by Crippen LogP contribution is 2.36. The van der Waals surface area contributed by atoms with E-state index in [-0.39, 0.29) is 11.9 Å². The smallest absolute Gasteiger partial charge is 0.234 e. The molecule has 0 saturated carbocycles. The number of benzene rings is 2. The van der Waals surface area contributed by atoms with Crippen LogP contribution in [0.1, 0.15) is 29.5 Å². The van der Waals surface area contributed by atoms with E-state index in [0.717, 1.165) is 41.2 Å². The van der Waals surface area contributed by atoms with E-state index < -0.39 is 0 Å². The van der Waals surface area contributed by atoms with Crippen molar-refractivity contribution in [2.24, 2.45) is 0 Å². The molecule has 5 nitrogen and oxygen atoms in total. The average molecular weight is 395 g/mol. The Morgan fingerprint density at radius 1 is 1.21 bits per heavy atom. The first-order valence-electron chi connectivity index (χ1n) is 9.72. The average Bonchev–Trinajstić information content (AvgIpc) is 3.33. The molecule has 0 radical (unpaired) electrons. The summed E-state index contributed by atoms with van der Waals surface area (Å²) in [6, 6.07) is 16.8. The molecule has 0 spiro atoms. The van der Waals surface area contributed by atoms with E-state index in [1.165, 1.54) is 4.70 Å². The summed E-state index contributed by atoms with van der Waals surface area (Å²) in [7, 11) is 4.05. The van der Waals surface area contributed by atoms with Crippen LogP contribution < -0.4 is 10.2 Å². The number of para-hydroxylation sites is 1. The lowest BCUT2D eigenvalue weighted by atomic mass is 10.2. The molecule has 1 fully saturated rings. The largest absolute Gasteiger partial charge is 0.378 e. The number of likely N-dealkylation sites (tertiary alicyclic amines) is 1. The number of carbonyl (C=O) groups is 1. The molecule has 2 aromatic carbocycles. The Labute approximate surface area is 170 Å². The number of anilines is 1. The molecule has 3 aromatic rings. The molecule has 1 atom stereocenters. The summed E-state index contributed by atoms with van der Waals surface area (Å²) in [5, 5.41) is 4.19. The van der Waals surface area contributed by atoms with Crippen molar-refractivity contribution in [1.29, 1.82) is 0 Å². The molecule has 1 aliphatic rings. The third-order valence-corrected chi connectivity index (χ3v) is 6.39. The van der Waals surface area contributed by atoms with Gasteiger partial charge in [-0.15, -0.1) is 11.3 Å². The van der Waals surface area contributed by atoms with Gasteiger partial charge in [0.25, 0.3) is 0 Å². The van der Waals surface area contributed by atoms with Gasteiger partial charge >= 0.3 is 0 Å². The Morgan fingerprint density at radius 2 is 2.00 bits per heavy atom. The molecule has 146 valence electrons. The molecular formula is C22H26N4OS. The van der Waals surface area contributed by atoms with Crippen LogP contribution >= 0.6 is 11.3 Å². The predicted octanol–water partition coefficient (Wildman–Crippen LogP) is 3.82. The fourth-order valence-corrected chi connectivity index (χ4v) is 4.82. The molecule has 4 rings (SSSR count). The number of fused-ring (bicyclic) bond motifs is 1. The van der Waals surface area contributed by atoms with Gasteiger partial charge in [-0.05, 0) is 49.2 Å². The predicted molar refractivity (Wildman–Crippen MR) is 116 cm³/mol. The maximum atomic E-state index is 12.5. The van der Waals surface area contributed by atoms with Gasteiger partial charge in [0.2, 0.25) is 5.91 Å². The number of carbonyl (C=O) groups excluding carboxylic acids is 1. The van der Waals surface area contributed by atoms with Gasteiger partial charge in [0.1, 0.15) is 5.01 Å². The number of aromatic nitrogens is 1. The van der Waals surface area contributed by atoms with Crippen molar-refractivity contribution in [3.8, 4) is 0 Å². The number of rotatable bonds is 6. The van der Waals surface area contributed by atoms with E-state index in [9.17, 15) is 4.79 Å². The van der Waals surface area contributed by atoms with Gasteiger partial charge in [-0.1, -0.05) is 24.3 Å². The second-order valence-electron chi connectivity index (χ2n) is 7.49. The molecule has 0 bridgehead atoms. The lowest BCUT2D eigenvalue weighted by molar-refractivity contribution is -0.122. The molecule has 1 saturated heterocycles. The molecule has 6 heteroatoms. The third-order valence-electron chi connectivity index (χ3n) is 5.25. The van der Waals surface area contributed by atoms with Gasteiger partial charge in [-0.3, -0.25) is 9.69 Å². The minimum Gasteiger partial charge on any atom is -0.378 e. The summed E-state index contributed by atoms with van der Waals surface area (Å²) in [5.41, 5.74) is 3.33. The van der Waals surface area contributed by atoms with Crippen molar-refractivity contribution < 1.29 is 4.79 Å². The van der Waals surface area contributed by atoms with E-state index >= 15 is 0 Å². The molecule has 2 heterocycles. The number of hydrogen-bond acceptors (Lipinski definition) is 5. The van der Waals surface area contributed by atoms with Crippen molar-refractivity contribution in [1.82, 2.24) is 15.2 Å². The van der Waals surface area contributed by atoms with E-state index in [2.05, 4.69) is 57.6 Å². The van der Waals surface area contributed by atoms with Gasteiger partial charge < -0.3 is 10.2 Å². The van der Waals surface area contributed by atoms with Crippen molar-refractivity contribution in [2.45, 2.75) is 25.4 Å². The van der Waals surface area contributed by atoms with Crippen LogP contribution in [0.4, 0.5) is 5.69 Å². The van der Waals surface area contributed by atoms with Gasteiger partial charge in [0, 0.05) is 26.3 Å². The topological polar surface area (TPSA) is 48.5 Å². The number of thiazole rings is 1. The monoisotopic (exact) mass is 394 g/mol.